The van der Waals surface area contributed by atoms with E-state index in [-0.39, 0.29) is 0 Å². The molecule has 1 N–H and O–H groups in total. The van der Waals surface area contributed by atoms with E-state index in [1.165, 1.54) is 0 Å². The maximum atomic E-state index is 12.4. The number of hydrogen-bond donors (Lipinski definition) is 1. The first kappa shape index (κ1) is 8.68. The summed E-state index contributed by atoms with van der Waals surface area (Å²) in [6.07, 6.45) is -1.07. The second-order valence-electron chi connectivity index (χ2n) is 2.19. The van der Waals surface area contributed by atoms with Crippen molar-refractivity contribution in [2.24, 2.45) is 0 Å². The number of hydrogen-bond acceptors (Lipinski definition) is 1. The van der Waals surface area contributed by atoms with Gasteiger partial charge in [-0.1, -0.05) is 30.3 Å². The lowest BCUT2D eigenvalue weighted by atomic mass is 10.1. The minimum atomic E-state index is -1.40. The lowest BCUT2D eigenvalue weighted by molar-refractivity contribution is 0.127. The van der Waals surface area contributed by atoms with Crippen molar-refractivity contribution in [3.63, 3.8) is 0 Å². The van der Waals surface area contributed by atoms with E-state index < -0.39 is 11.2 Å². The Kier molecular flexibility index (Phi) is 3.02. The molecule has 0 fully saturated rings. The third kappa shape index (κ3) is 2.27. The Bertz CT molecular complexity index is 213. The topological polar surface area (TPSA) is 20.2 Å². The molecular weight excluding hydrogens is 211 g/mol. The molecule has 3 heteroatoms. The average molecular weight is 219 g/mol. The lowest BCUT2D eigenvalue weighted by Gasteiger charge is -2.09. The zero-order chi connectivity index (χ0) is 8.27. The second-order valence-corrected chi connectivity index (χ2v) is 3.06. The van der Waals surface area contributed by atoms with Crippen LogP contribution in [-0.2, 0) is 0 Å². The van der Waals surface area contributed by atoms with Crippen LogP contribution in [-0.4, -0.2) is 10.2 Å². The van der Waals surface area contributed by atoms with Crippen molar-refractivity contribution in [3.05, 3.63) is 35.9 Å². The van der Waals surface area contributed by atoms with E-state index in [4.69, 9.17) is 0 Å². The van der Waals surface area contributed by atoms with Crippen molar-refractivity contribution in [3.8, 4) is 0 Å². The molecule has 1 aromatic rings. The zero-order valence-electron chi connectivity index (χ0n) is 5.74. The number of benzene rings is 1. The SMILES string of the molecule is O[C@@H](c1ccccc1)[C@@H](F)Br. The van der Waals surface area contributed by atoms with Crippen molar-refractivity contribution < 1.29 is 9.50 Å². The van der Waals surface area contributed by atoms with Crippen molar-refractivity contribution in [1.82, 2.24) is 0 Å². The molecule has 0 aliphatic heterocycles. The molecule has 1 nitrogen and oxygen atoms in total. The van der Waals surface area contributed by atoms with Crippen LogP contribution in [0, 0.1) is 0 Å². The first-order valence-corrected chi connectivity index (χ1v) is 4.14. The molecule has 60 valence electrons. The number of halogens is 2. The van der Waals surface area contributed by atoms with Crippen molar-refractivity contribution in [1.29, 1.82) is 0 Å². The quantitative estimate of drug-likeness (QED) is 0.757. The molecule has 0 saturated carbocycles. The average Bonchev–Trinajstić information content (AvgIpc) is 2.05. The first-order chi connectivity index (χ1) is 5.22. The standard InChI is InChI=1S/C8H8BrFO/c9-8(10)7(11)6-4-2-1-3-5-6/h1-5,7-8,11H/t7-,8+/m0/s1. The van der Waals surface area contributed by atoms with Gasteiger partial charge in [-0.15, -0.1) is 0 Å². The minimum Gasteiger partial charge on any atom is -0.384 e. The van der Waals surface area contributed by atoms with Gasteiger partial charge in [-0.05, 0) is 21.5 Å². The Morgan fingerprint density at radius 2 is 1.82 bits per heavy atom. The molecule has 2 atom stereocenters. The number of aliphatic hydroxyl groups is 1. The van der Waals surface area contributed by atoms with E-state index in [2.05, 4.69) is 15.9 Å². The molecule has 0 aliphatic rings. The van der Waals surface area contributed by atoms with E-state index in [1.54, 1.807) is 24.3 Å². The van der Waals surface area contributed by atoms with E-state index in [0.717, 1.165) is 0 Å². The van der Waals surface area contributed by atoms with E-state index in [0.29, 0.717) is 5.56 Å². The Morgan fingerprint density at radius 1 is 1.27 bits per heavy atom. The Hall–Kier alpha value is -0.410. The van der Waals surface area contributed by atoms with Gasteiger partial charge in [0, 0.05) is 0 Å². The van der Waals surface area contributed by atoms with E-state index in [1.807, 2.05) is 6.07 Å². The summed E-state index contributed by atoms with van der Waals surface area (Å²) in [7, 11) is 0. The summed E-state index contributed by atoms with van der Waals surface area (Å²) in [6, 6.07) is 8.69. The van der Waals surface area contributed by atoms with Crippen LogP contribution in [0.3, 0.4) is 0 Å². The van der Waals surface area contributed by atoms with Gasteiger partial charge in [0.1, 0.15) is 6.10 Å². The van der Waals surface area contributed by atoms with Crippen LogP contribution in [0.4, 0.5) is 4.39 Å². The summed E-state index contributed by atoms with van der Waals surface area (Å²) in [6.45, 7) is 0. The molecular formula is C8H8BrFO. The molecule has 0 spiro atoms. The van der Waals surface area contributed by atoms with E-state index >= 15 is 0 Å². The van der Waals surface area contributed by atoms with Gasteiger partial charge in [0.05, 0.1) is 0 Å². The predicted molar refractivity (Wildman–Crippen MR) is 45.2 cm³/mol. The van der Waals surface area contributed by atoms with Crippen molar-refractivity contribution in [2.45, 2.75) is 11.2 Å². The molecule has 1 aromatic carbocycles. The normalized spacial score (nSPS) is 15.9. The summed E-state index contributed by atoms with van der Waals surface area (Å²) in [5, 5.41) is 7.78. The summed E-state index contributed by atoms with van der Waals surface area (Å²) in [5.74, 6) is 0. The maximum Gasteiger partial charge on any atom is 0.184 e. The molecule has 0 saturated heterocycles. The highest BCUT2D eigenvalue weighted by Gasteiger charge is 2.15. The molecule has 0 unspecified atom stereocenters. The van der Waals surface area contributed by atoms with Crippen LogP contribution < -0.4 is 0 Å². The predicted octanol–water partition coefficient (Wildman–Crippen LogP) is 2.41. The number of alkyl halides is 2. The monoisotopic (exact) mass is 218 g/mol. The Morgan fingerprint density at radius 3 is 2.27 bits per heavy atom. The number of aliphatic hydroxyl groups excluding tert-OH is 1. The molecule has 0 bridgehead atoms. The summed E-state index contributed by atoms with van der Waals surface area (Å²) < 4.78 is 12.4. The minimum absolute atomic E-state index is 0.580. The van der Waals surface area contributed by atoms with Crippen molar-refractivity contribution in [2.75, 3.05) is 0 Å². The second kappa shape index (κ2) is 3.83. The largest absolute Gasteiger partial charge is 0.384 e. The van der Waals surface area contributed by atoms with Gasteiger partial charge < -0.3 is 5.11 Å². The summed E-state index contributed by atoms with van der Waals surface area (Å²) >= 11 is 2.66. The van der Waals surface area contributed by atoms with Gasteiger partial charge in [-0.2, -0.15) is 0 Å². The third-order valence-electron chi connectivity index (χ3n) is 1.38. The molecule has 0 aromatic heterocycles. The fourth-order valence-electron chi connectivity index (χ4n) is 0.796. The van der Waals surface area contributed by atoms with Gasteiger partial charge >= 0.3 is 0 Å². The molecule has 11 heavy (non-hydrogen) atoms. The van der Waals surface area contributed by atoms with Crippen LogP contribution in [0.5, 0.6) is 0 Å². The zero-order valence-corrected chi connectivity index (χ0v) is 7.33. The highest BCUT2D eigenvalue weighted by atomic mass is 79.9. The molecule has 0 aliphatic carbocycles. The number of rotatable bonds is 2. The fourth-order valence-corrected chi connectivity index (χ4v) is 1.10. The molecule has 1 rings (SSSR count). The van der Waals surface area contributed by atoms with Gasteiger partial charge in [-0.3, -0.25) is 0 Å². The molecule has 0 radical (unpaired) electrons. The van der Waals surface area contributed by atoms with Gasteiger partial charge in [0.15, 0.2) is 5.08 Å². The van der Waals surface area contributed by atoms with Crippen LogP contribution in [0.1, 0.15) is 11.7 Å². The Labute approximate surface area is 73.0 Å². The van der Waals surface area contributed by atoms with Gasteiger partial charge in [-0.25, -0.2) is 4.39 Å². The smallest absolute Gasteiger partial charge is 0.184 e. The summed E-state index contributed by atoms with van der Waals surface area (Å²) in [4.78, 5) is 0. The van der Waals surface area contributed by atoms with Crippen LogP contribution >= 0.6 is 15.9 Å². The van der Waals surface area contributed by atoms with E-state index in [9.17, 15) is 9.50 Å². The first-order valence-electron chi connectivity index (χ1n) is 3.23. The highest BCUT2D eigenvalue weighted by molar-refractivity contribution is 9.09. The van der Waals surface area contributed by atoms with Gasteiger partial charge in [0.25, 0.3) is 0 Å². The third-order valence-corrected chi connectivity index (χ3v) is 1.88. The highest BCUT2D eigenvalue weighted by Crippen LogP contribution is 2.22. The van der Waals surface area contributed by atoms with Crippen LogP contribution in [0.25, 0.3) is 0 Å². The Balaban J connectivity index is 2.77. The van der Waals surface area contributed by atoms with Crippen molar-refractivity contribution >= 4 is 15.9 Å². The lowest BCUT2D eigenvalue weighted by Crippen LogP contribution is -2.05. The molecule has 0 heterocycles. The fraction of sp³-hybridized carbons (Fsp3) is 0.250. The van der Waals surface area contributed by atoms with Crippen LogP contribution in [0.15, 0.2) is 30.3 Å². The van der Waals surface area contributed by atoms with Crippen LogP contribution in [0.2, 0.25) is 0 Å². The summed E-state index contributed by atoms with van der Waals surface area (Å²) in [5.41, 5.74) is 0.580. The maximum absolute atomic E-state index is 12.4. The van der Waals surface area contributed by atoms with Gasteiger partial charge in [0.2, 0.25) is 0 Å². The molecule has 0 amide bonds.